The van der Waals surface area contributed by atoms with Crippen molar-refractivity contribution in [3.8, 4) is 0 Å². The van der Waals surface area contributed by atoms with Gasteiger partial charge in [-0.3, -0.25) is 0 Å². The Morgan fingerprint density at radius 3 is 2.82 bits per heavy atom. The first kappa shape index (κ1) is 19.3. The van der Waals surface area contributed by atoms with Gasteiger partial charge in [-0.05, 0) is 57.9 Å². The number of H-pyrrole nitrogens is 1. The number of hydrogen-bond acceptors (Lipinski definition) is 3. The van der Waals surface area contributed by atoms with Crippen molar-refractivity contribution >= 4 is 16.9 Å². The molecule has 6 heteroatoms. The number of carbonyl (C=O) groups excluding carboxylic acids is 1. The number of aromatic nitrogens is 1. The lowest BCUT2D eigenvalue weighted by Crippen LogP contribution is -2.56. The molecule has 1 aromatic heterocycles. The number of likely N-dealkylation sites (tertiary alicyclic amines) is 1. The molecule has 2 aliphatic rings. The molecule has 28 heavy (non-hydrogen) atoms. The number of hydrogen-bond donors (Lipinski definition) is 3. The Labute approximate surface area is 166 Å². The molecule has 0 spiro atoms. The topological polar surface area (TPSA) is 71.6 Å². The molecular formula is C22H32N4O2. The van der Waals surface area contributed by atoms with Crippen molar-refractivity contribution in [3.05, 3.63) is 35.0 Å². The van der Waals surface area contributed by atoms with Gasteiger partial charge in [-0.25, -0.2) is 4.79 Å². The Bertz CT molecular complexity index is 871. The minimum absolute atomic E-state index is 0.0367. The van der Waals surface area contributed by atoms with Crippen LogP contribution in [-0.4, -0.2) is 64.7 Å². The van der Waals surface area contributed by atoms with Crippen molar-refractivity contribution in [2.75, 3.05) is 26.7 Å². The maximum Gasteiger partial charge on any atom is 0.317 e. The summed E-state index contributed by atoms with van der Waals surface area (Å²) < 4.78 is 0. The standard InChI is InChI=1S/C22H32N4O2/c1-5-26(6-2)22(28)23-14-10-16-15-8-7-9-18-20(15)17(21(24-18)13(3)27)11-19(16)25(4)12-14/h7-9,13-14,16,19,24,27H,5-6,10-12H2,1-4H3,(H,23,28)/t13?,14-,16?,19+/m0/s1. The summed E-state index contributed by atoms with van der Waals surface area (Å²) in [6.07, 6.45) is 1.40. The number of fused-ring (bicyclic) bond motifs is 2. The summed E-state index contributed by atoms with van der Waals surface area (Å²) in [5.41, 5.74) is 4.67. The molecule has 2 amide bonds. The van der Waals surface area contributed by atoms with E-state index in [0.29, 0.717) is 12.0 Å². The summed E-state index contributed by atoms with van der Waals surface area (Å²) in [7, 11) is 2.16. The number of likely N-dealkylation sites (N-methyl/N-ethyl adjacent to an activating group) is 1. The molecule has 6 nitrogen and oxygen atoms in total. The van der Waals surface area contributed by atoms with E-state index < -0.39 is 6.10 Å². The number of nitrogens with one attached hydrogen (secondary N) is 2. The highest BCUT2D eigenvalue weighted by Crippen LogP contribution is 2.45. The lowest BCUT2D eigenvalue weighted by Gasteiger charge is -2.46. The highest BCUT2D eigenvalue weighted by atomic mass is 16.3. The van der Waals surface area contributed by atoms with E-state index in [-0.39, 0.29) is 12.1 Å². The third-order valence-electron chi connectivity index (χ3n) is 6.68. The van der Waals surface area contributed by atoms with Crippen LogP contribution in [0.4, 0.5) is 4.79 Å². The first-order chi connectivity index (χ1) is 13.4. The number of aliphatic hydroxyl groups excluding tert-OH is 1. The largest absolute Gasteiger partial charge is 0.387 e. The van der Waals surface area contributed by atoms with Gasteiger partial charge in [0.2, 0.25) is 0 Å². The van der Waals surface area contributed by atoms with E-state index >= 15 is 0 Å². The fraction of sp³-hybridized carbons (Fsp3) is 0.591. The average molecular weight is 385 g/mol. The second kappa shape index (κ2) is 7.41. The summed E-state index contributed by atoms with van der Waals surface area (Å²) in [5.74, 6) is 0.384. The molecule has 2 unspecified atom stereocenters. The van der Waals surface area contributed by atoms with Crippen molar-refractivity contribution in [1.29, 1.82) is 0 Å². The molecule has 152 valence electrons. The predicted molar refractivity (Wildman–Crippen MR) is 112 cm³/mol. The number of nitrogens with zero attached hydrogens (tertiary/aromatic N) is 2. The fourth-order valence-electron chi connectivity index (χ4n) is 5.30. The van der Waals surface area contributed by atoms with Gasteiger partial charge >= 0.3 is 6.03 Å². The minimum Gasteiger partial charge on any atom is -0.387 e. The monoisotopic (exact) mass is 384 g/mol. The maximum absolute atomic E-state index is 12.6. The molecule has 1 aliphatic carbocycles. The van der Waals surface area contributed by atoms with Crippen molar-refractivity contribution in [3.63, 3.8) is 0 Å². The van der Waals surface area contributed by atoms with Crippen molar-refractivity contribution in [2.24, 2.45) is 0 Å². The van der Waals surface area contributed by atoms with Crippen LogP contribution in [0.2, 0.25) is 0 Å². The molecule has 2 heterocycles. The number of piperidine rings is 1. The zero-order valence-corrected chi connectivity index (χ0v) is 17.3. The van der Waals surface area contributed by atoms with Crippen LogP contribution in [0.3, 0.4) is 0 Å². The van der Waals surface area contributed by atoms with Gasteiger partial charge in [-0.1, -0.05) is 12.1 Å². The van der Waals surface area contributed by atoms with Crippen LogP contribution in [0.5, 0.6) is 0 Å². The number of rotatable bonds is 4. The summed E-state index contributed by atoms with van der Waals surface area (Å²) >= 11 is 0. The van der Waals surface area contributed by atoms with E-state index in [2.05, 4.69) is 40.4 Å². The van der Waals surface area contributed by atoms with Crippen LogP contribution in [0.15, 0.2) is 18.2 Å². The van der Waals surface area contributed by atoms with E-state index in [4.69, 9.17) is 0 Å². The maximum atomic E-state index is 12.6. The lowest BCUT2D eigenvalue weighted by molar-refractivity contribution is 0.123. The normalized spacial score (nSPS) is 25.4. The Kier molecular flexibility index (Phi) is 5.10. The molecule has 4 atom stereocenters. The van der Waals surface area contributed by atoms with Crippen LogP contribution in [0, 0.1) is 0 Å². The van der Waals surface area contributed by atoms with Gasteiger partial charge in [0.05, 0.1) is 6.10 Å². The molecule has 1 aromatic carbocycles. The summed E-state index contributed by atoms with van der Waals surface area (Å²) in [5, 5.41) is 14.8. The molecule has 1 aliphatic heterocycles. The van der Waals surface area contributed by atoms with E-state index in [0.717, 1.165) is 43.7 Å². The van der Waals surface area contributed by atoms with Crippen molar-refractivity contribution in [1.82, 2.24) is 20.1 Å². The third kappa shape index (κ3) is 3.08. The summed E-state index contributed by atoms with van der Waals surface area (Å²) in [6, 6.07) is 7.00. The zero-order valence-electron chi connectivity index (χ0n) is 17.3. The van der Waals surface area contributed by atoms with Crippen LogP contribution in [-0.2, 0) is 6.42 Å². The van der Waals surface area contributed by atoms with Gasteiger partial charge in [0, 0.05) is 54.2 Å². The Hall–Kier alpha value is -2.05. The summed E-state index contributed by atoms with van der Waals surface area (Å²) in [4.78, 5) is 20.3. The van der Waals surface area contributed by atoms with Gasteiger partial charge in [-0.2, -0.15) is 0 Å². The van der Waals surface area contributed by atoms with E-state index in [1.807, 2.05) is 25.7 Å². The number of aromatic amines is 1. The predicted octanol–water partition coefficient (Wildman–Crippen LogP) is 2.99. The van der Waals surface area contributed by atoms with Crippen LogP contribution < -0.4 is 5.32 Å². The van der Waals surface area contributed by atoms with Gasteiger partial charge in [-0.15, -0.1) is 0 Å². The Morgan fingerprint density at radius 1 is 1.39 bits per heavy atom. The van der Waals surface area contributed by atoms with E-state index in [1.54, 1.807) is 0 Å². The molecule has 0 saturated carbocycles. The van der Waals surface area contributed by atoms with E-state index in [9.17, 15) is 9.90 Å². The van der Waals surface area contributed by atoms with E-state index in [1.165, 1.54) is 16.5 Å². The quantitative estimate of drug-likeness (QED) is 0.759. The molecule has 0 bridgehead atoms. The van der Waals surface area contributed by atoms with Gasteiger partial charge < -0.3 is 25.2 Å². The van der Waals surface area contributed by atoms with Crippen LogP contribution in [0.25, 0.3) is 10.9 Å². The average Bonchev–Trinajstić information content (AvgIpc) is 3.04. The molecule has 4 rings (SSSR count). The number of carbonyl (C=O) groups is 1. The first-order valence-electron chi connectivity index (χ1n) is 10.5. The van der Waals surface area contributed by atoms with Gasteiger partial charge in [0.15, 0.2) is 0 Å². The Balaban J connectivity index is 1.66. The van der Waals surface area contributed by atoms with Crippen molar-refractivity contribution in [2.45, 2.75) is 57.7 Å². The minimum atomic E-state index is -0.498. The highest BCUT2D eigenvalue weighted by Gasteiger charge is 2.41. The fourth-order valence-corrected chi connectivity index (χ4v) is 5.30. The second-order valence-corrected chi connectivity index (χ2v) is 8.33. The number of aliphatic hydroxyl groups is 1. The van der Waals surface area contributed by atoms with Gasteiger partial charge in [0.1, 0.15) is 0 Å². The lowest BCUT2D eigenvalue weighted by atomic mass is 9.73. The SMILES string of the molecule is CCN(CC)C(=O)N[C@H]1CC2c3cccc4[nH]c(C(C)O)c(c34)C[C@H]2N(C)C1. The van der Waals surface area contributed by atoms with Crippen molar-refractivity contribution < 1.29 is 9.90 Å². The smallest absolute Gasteiger partial charge is 0.317 e. The molecule has 1 fully saturated rings. The Morgan fingerprint density at radius 2 is 2.14 bits per heavy atom. The second-order valence-electron chi connectivity index (χ2n) is 8.33. The molecule has 2 aromatic rings. The zero-order chi connectivity index (χ0) is 20.0. The third-order valence-corrected chi connectivity index (χ3v) is 6.68. The van der Waals surface area contributed by atoms with Crippen LogP contribution in [0.1, 0.15) is 56.0 Å². The molecule has 1 saturated heterocycles. The number of amides is 2. The first-order valence-corrected chi connectivity index (χ1v) is 10.5. The molecule has 3 N–H and O–H groups in total. The number of urea groups is 1. The highest BCUT2D eigenvalue weighted by molar-refractivity contribution is 5.90. The summed E-state index contributed by atoms with van der Waals surface area (Å²) in [6.45, 7) is 8.17. The molecule has 0 radical (unpaired) electrons. The van der Waals surface area contributed by atoms with Crippen LogP contribution >= 0.6 is 0 Å². The van der Waals surface area contributed by atoms with Gasteiger partial charge in [0.25, 0.3) is 0 Å². The number of benzene rings is 1. The molecular weight excluding hydrogens is 352 g/mol.